The van der Waals surface area contributed by atoms with Crippen LogP contribution in [0, 0.1) is 5.41 Å². The monoisotopic (exact) mass is 279 g/mol. The van der Waals surface area contributed by atoms with Crippen molar-refractivity contribution in [2.24, 2.45) is 5.41 Å². The molecule has 2 N–H and O–H groups in total. The fourth-order valence-corrected chi connectivity index (χ4v) is 2.79. The van der Waals surface area contributed by atoms with Crippen LogP contribution in [0.25, 0.3) is 0 Å². The molecule has 0 atom stereocenters. The summed E-state index contributed by atoms with van der Waals surface area (Å²) in [4.78, 5) is 23.2. The largest absolute Gasteiger partial charge is 0.481 e. The summed E-state index contributed by atoms with van der Waals surface area (Å²) in [6.07, 6.45) is 7.51. The van der Waals surface area contributed by atoms with Crippen LogP contribution in [0.3, 0.4) is 0 Å². The van der Waals surface area contributed by atoms with E-state index in [0.717, 1.165) is 25.8 Å². The Balaban J connectivity index is 1.70. The molecule has 2 rings (SSSR count). The number of hydrogen-bond donors (Lipinski definition) is 2. The lowest BCUT2D eigenvalue weighted by atomic mass is 9.82. The number of amides is 1. The van der Waals surface area contributed by atoms with E-state index in [2.05, 4.69) is 10.4 Å². The number of carboxylic acids is 1. The third-order valence-corrected chi connectivity index (χ3v) is 3.96. The molecule has 6 heteroatoms. The van der Waals surface area contributed by atoms with Crippen molar-refractivity contribution in [2.75, 3.05) is 6.54 Å². The summed E-state index contributed by atoms with van der Waals surface area (Å²) in [7, 11) is 0. The molecule has 0 radical (unpaired) electrons. The van der Waals surface area contributed by atoms with Gasteiger partial charge in [-0.25, -0.2) is 0 Å². The van der Waals surface area contributed by atoms with E-state index in [4.69, 9.17) is 0 Å². The fraction of sp³-hybridized carbons (Fsp3) is 0.643. The molecule has 0 saturated heterocycles. The first-order chi connectivity index (χ1) is 9.62. The lowest BCUT2D eigenvalue weighted by Gasteiger charge is -2.22. The first-order valence-electron chi connectivity index (χ1n) is 7.10. The van der Waals surface area contributed by atoms with Crippen molar-refractivity contribution >= 4 is 11.9 Å². The van der Waals surface area contributed by atoms with Crippen molar-refractivity contribution in [1.29, 1.82) is 0 Å². The molecule has 0 unspecified atom stereocenters. The van der Waals surface area contributed by atoms with Crippen molar-refractivity contribution < 1.29 is 14.7 Å². The number of carboxylic acid groups (broad SMARTS) is 1. The average Bonchev–Trinajstić information content (AvgIpc) is 3.06. The molecule has 0 aliphatic heterocycles. The quantitative estimate of drug-likeness (QED) is 0.739. The maximum Gasteiger partial charge on any atom is 0.310 e. The zero-order valence-electron chi connectivity index (χ0n) is 11.5. The molecule has 1 fully saturated rings. The molecule has 1 aliphatic rings. The van der Waals surface area contributed by atoms with E-state index in [1.807, 2.05) is 16.9 Å². The van der Waals surface area contributed by atoms with E-state index in [1.165, 1.54) is 0 Å². The number of nitrogens with one attached hydrogen (secondary N) is 1. The third-order valence-electron chi connectivity index (χ3n) is 3.96. The summed E-state index contributed by atoms with van der Waals surface area (Å²) in [5, 5.41) is 16.2. The van der Waals surface area contributed by atoms with Crippen LogP contribution in [0.5, 0.6) is 0 Å². The number of hydrogen-bond acceptors (Lipinski definition) is 3. The number of rotatable bonds is 7. The smallest absolute Gasteiger partial charge is 0.310 e. The van der Waals surface area contributed by atoms with Crippen LogP contribution < -0.4 is 5.32 Å². The second-order valence-corrected chi connectivity index (χ2v) is 5.44. The number of nitrogens with zero attached hydrogens (tertiary/aromatic N) is 2. The van der Waals surface area contributed by atoms with Crippen LogP contribution >= 0.6 is 0 Å². The van der Waals surface area contributed by atoms with Crippen molar-refractivity contribution in [1.82, 2.24) is 15.1 Å². The van der Waals surface area contributed by atoms with Crippen molar-refractivity contribution in [3.63, 3.8) is 0 Å². The van der Waals surface area contributed by atoms with E-state index >= 15 is 0 Å². The minimum Gasteiger partial charge on any atom is -0.481 e. The molecule has 0 aromatic carbocycles. The maximum atomic E-state index is 11.9. The van der Waals surface area contributed by atoms with Crippen LogP contribution in [0.1, 0.15) is 38.5 Å². The number of carbonyl (C=O) groups excluding carboxylic acids is 1. The SMILES string of the molecule is O=C(CC1(C(=O)O)CCCC1)NCCCn1cccn1. The molecule has 6 nitrogen and oxygen atoms in total. The predicted molar refractivity (Wildman–Crippen MR) is 73.0 cm³/mol. The molecule has 1 aliphatic carbocycles. The number of aliphatic carboxylic acids is 1. The van der Waals surface area contributed by atoms with Gasteiger partial charge in [-0.1, -0.05) is 12.8 Å². The van der Waals surface area contributed by atoms with Crippen molar-refractivity contribution in [2.45, 2.75) is 45.1 Å². The predicted octanol–water partition coefficient (Wildman–Crippen LogP) is 1.42. The Kier molecular flexibility index (Phi) is 4.76. The van der Waals surface area contributed by atoms with Crippen LogP contribution in [0.4, 0.5) is 0 Å². The van der Waals surface area contributed by atoms with Gasteiger partial charge in [-0.3, -0.25) is 14.3 Å². The molecule has 1 heterocycles. The highest BCUT2D eigenvalue weighted by atomic mass is 16.4. The number of aryl methyl sites for hydroxylation is 1. The minimum absolute atomic E-state index is 0.101. The Morgan fingerprint density at radius 3 is 2.70 bits per heavy atom. The Bertz CT molecular complexity index is 450. The van der Waals surface area contributed by atoms with Crippen molar-refractivity contribution in [3.05, 3.63) is 18.5 Å². The van der Waals surface area contributed by atoms with Gasteiger partial charge < -0.3 is 10.4 Å². The van der Waals surface area contributed by atoms with Gasteiger partial charge in [0.25, 0.3) is 0 Å². The van der Waals surface area contributed by atoms with Crippen LogP contribution in [-0.4, -0.2) is 33.3 Å². The van der Waals surface area contributed by atoms with Gasteiger partial charge >= 0.3 is 5.97 Å². The Hall–Kier alpha value is -1.85. The summed E-state index contributed by atoms with van der Waals surface area (Å²) in [5.41, 5.74) is -0.827. The normalized spacial score (nSPS) is 17.0. The third kappa shape index (κ3) is 3.59. The van der Waals surface area contributed by atoms with Gasteiger partial charge in [0, 0.05) is 31.9 Å². The lowest BCUT2D eigenvalue weighted by Crippen LogP contribution is -2.36. The molecule has 110 valence electrons. The minimum atomic E-state index is -0.832. The van der Waals surface area contributed by atoms with Crippen LogP contribution in [0.2, 0.25) is 0 Å². The highest BCUT2D eigenvalue weighted by Crippen LogP contribution is 2.41. The van der Waals surface area contributed by atoms with Gasteiger partial charge in [0.2, 0.25) is 5.91 Å². The molecule has 0 spiro atoms. The van der Waals surface area contributed by atoms with Crippen molar-refractivity contribution in [3.8, 4) is 0 Å². The second-order valence-electron chi connectivity index (χ2n) is 5.44. The Labute approximate surface area is 118 Å². The number of carbonyl (C=O) groups is 2. The highest BCUT2D eigenvalue weighted by Gasteiger charge is 2.42. The lowest BCUT2D eigenvalue weighted by molar-refractivity contribution is -0.151. The van der Waals surface area contributed by atoms with Gasteiger partial charge in [-0.05, 0) is 25.3 Å². The molecule has 20 heavy (non-hydrogen) atoms. The summed E-state index contributed by atoms with van der Waals surface area (Å²) >= 11 is 0. The zero-order valence-corrected chi connectivity index (χ0v) is 11.5. The second kappa shape index (κ2) is 6.54. The zero-order chi connectivity index (χ0) is 14.4. The fourth-order valence-electron chi connectivity index (χ4n) is 2.79. The highest BCUT2D eigenvalue weighted by molar-refractivity contribution is 5.85. The summed E-state index contributed by atoms with van der Waals surface area (Å²) < 4.78 is 1.81. The Morgan fingerprint density at radius 1 is 1.35 bits per heavy atom. The van der Waals surface area contributed by atoms with Crippen LogP contribution in [-0.2, 0) is 16.1 Å². The maximum absolute atomic E-state index is 11.9. The van der Waals surface area contributed by atoms with E-state index < -0.39 is 11.4 Å². The summed E-state index contributed by atoms with van der Waals surface area (Å²) in [6, 6.07) is 1.86. The first kappa shape index (κ1) is 14.6. The van der Waals surface area contributed by atoms with E-state index in [0.29, 0.717) is 19.4 Å². The van der Waals surface area contributed by atoms with E-state index in [1.54, 1.807) is 6.20 Å². The standard InChI is InChI=1S/C14H21N3O3/c18-12(11-14(13(19)20)5-1-2-6-14)15-7-3-9-17-10-4-8-16-17/h4,8,10H,1-3,5-7,9,11H2,(H,15,18)(H,19,20). The summed E-state index contributed by atoms with van der Waals surface area (Å²) in [6.45, 7) is 1.30. The van der Waals surface area contributed by atoms with Gasteiger partial charge in [-0.2, -0.15) is 5.10 Å². The summed E-state index contributed by atoms with van der Waals surface area (Å²) in [5.74, 6) is -0.989. The topological polar surface area (TPSA) is 84.2 Å². The van der Waals surface area contributed by atoms with Gasteiger partial charge in [0.05, 0.1) is 5.41 Å². The van der Waals surface area contributed by atoms with E-state index in [-0.39, 0.29) is 12.3 Å². The molecule has 0 bridgehead atoms. The molecular formula is C14H21N3O3. The number of aromatic nitrogens is 2. The first-order valence-corrected chi connectivity index (χ1v) is 7.10. The van der Waals surface area contributed by atoms with Gasteiger partial charge in [0.1, 0.15) is 0 Å². The molecule has 1 aromatic rings. The molecule has 1 saturated carbocycles. The van der Waals surface area contributed by atoms with Crippen LogP contribution in [0.15, 0.2) is 18.5 Å². The molecule has 1 aromatic heterocycles. The Morgan fingerprint density at radius 2 is 2.10 bits per heavy atom. The molecule has 1 amide bonds. The van der Waals surface area contributed by atoms with Gasteiger partial charge in [0.15, 0.2) is 0 Å². The molecular weight excluding hydrogens is 258 g/mol. The van der Waals surface area contributed by atoms with E-state index in [9.17, 15) is 14.7 Å². The van der Waals surface area contributed by atoms with Gasteiger partial charge in [-0.15, -0.1) is 0 Å². The average molecular weight is 279 g/mol.